The quantitative estimate of drug-likeness (QED) is 0.468. The maximum atomic E-state index is 4.50. The second kappa shape index (κ2) is 1850. The van der Waals surface area contributed by atoms with E-state index < -0.39 is 0 Å². The third-order valence-electron chi connectivity index (χ3n) is 0. The number of nitrogens with two attached hydrogens (primary N) is 2. The Morgan fingerprint density at radius 1 is 0.750 bits per heavy atom. The van der Waals surface area contributed by atoms with Gasteiger partial charge in [-0.3, -0.25) is 0 Å². The zero-order chi connectivity index (χ0) is 8.00. The van der Waals surface area contributed by atoms with E-state index in [2.05, 4.69) is 24.6 Å². The molecule has 0 heterocycles. The molecule has 4 N–H and O–H groups in total. The van der Waals surface area contributed by atoms with Crippen molar-refractivity contribution in [3.8, 4) is 0 Å². The topological polar surface area (TPSA) is 52.0 Å². The van der Waals surface area contributed by atoms with Gasteiger partial charge in [0.25, 0.3) is 0 Å². The Bertz CT molecular complexity index is 6.49. The molecular weight excluding hydrogens is 100 g/mol. The first kappa shape index (κ1) is 25.4. The predicted octanol–water partition coefficient (Wildman–Crippen LogP) is 0.978. The molecule has 0 aliphatic carbocycles. The lowest BCUT2D eigenvalue weighted by atomic mass is 11.0. The summed E-state index contributed by atoms with van der Waals surface area (Å²) in [7, 11) is 3.00. The van der Waals surface area contributed by atoms with Gasteiger partial charge in [-0.2, -0.15) is 0 Å². The number of hydrogen-bond acceptors (Lipinski definition) is 2. The highest BCUT2D eigenvalue weighted by Crippen LogP contribution is 1.14. The molecule has 8 heavy (non-hydrogen) atoms. The van der Waals surface area contributed by atoms with Crippen LogP contribution in [0.15, 0.2) is 13.2 Å². The summed E-state index contributed by atoms with van der Waals surface area (Å²) in [4.78, 5) is 0. The molecule has 0 unspecified atom stereocenters. The van der Waals surface area contributed by atoms with Crippen molar-refractivity contribution in [3.05, 3.63) is 13.2 Å². The van der Waals surface area contributed by atoms with Gasteiger partial charge < -0.3 is 11.5 Å². The molecule has 0 saturated carbocycles. The van der Waals surface area contributed by atoms with Crippen molar-refractivity contribution in [2.24, 2.45) is 11.5 Å². The van der Waals surface area contributed by atoms with Crippen LogP contribution in [0, 0.1) is 0 Å². The van der Waals surface area contributed by atoms with Gasteiger partial charge in [-0.1, -0.05) is 13.8 Å². The van der Waals surface area contributed by atoms with Crippen LogP contribution in [0.3, 0.4) is 0 Å². The van der Waals surface area contributed by atoms with Crippen molar-refractivity contribution < 1.29 is 0 Å². The zero-order valence-corrected chi connectivity index (χ0v) is 6.57. The molecule has 2 nitrogen and oxygen atoms in total. The minimum absolute atomic E-state index is 1.50. The standard InChI is InChI=1S/C2H6.C2H4.2CH5N/c4*1-2/h1-2H3;1-2H2;2*2H2,1H3. The van der Waals surface area contributed by atoms with Crippen molar-refractivity contribution in [2.45, 2.75) is 13.8 Å². The molecule has 0 amide bonds. The molecule has 54 valence electrons. The monoisotopic (exact) mass is 120 g/mol. The molecule has 0 saturated heterocycles. The van der Waals surface area contributed by atoms with Crippen molar-refractivity contribution in [3.63, 3.8) is 0 Å². The first-order chi connectivity index (χ1) is 4.00. The summed E-state index contributed by atoms with van der Waals surface area (Å²) in [5, 5.41) is 0. The Morgan fingerprint density at radius 2 is 0.750 bits per heavy atom. The molecular formula is C6H20N2. The zero-order valence-electron chi connectivity index (χ0n) is 6.57. The minimum atomic E-state index is 1.50. The van der Waals surface area contributed by atoms with Gasteiger partial charge in [-0.15, -0.1) is 13.2 Å². The van der Waals surface area contributed by atoms with Gasteiger partial charge in [0.05, 0.1) is 0 Å². The van der Waals surface area contributed by atoms with E-state index in [4.69, 9.17) is 0 Å². The Balaban J connectivity index is -0.0000000133. The summed E-state index contributed by atoms with van der Waals surface area (Å²) in [6, 6.07) is 0. The smallest absolute Gasteiger partial charge is 0.0195 e. The fraction of sp³-hybridized carbons (Fsp3) is 0.667. The normalized spacial score (nSPS) is 2.75. The van der Waals surface area contributed by atoms with Gasteiger partial charge in [-0.25, -0.2) is 0 Å². The number of hydrogen-bond donors (Lipinski definition) is 2. The van der Waals surface area contributed by atoms with Crippen molar-refractivity contribution in [2.75, 3.05) is 14.1 Å². The summed E-state index contributed by atoms with van der Waals surface area (Å²) in [5.74, 6) is 0. The summed E-state index contributed by atoms with van der Waals surface area (Å²) in [6.07, 6.45) is 0. The SMILES string of the molecule is C=C.CC.CN.CN. The highest BCUT2D eigenvalue weighted by Gasteiger charge is 0.932. The van der Waals surface area contributed by atoms with Gasteiger partial charge in [-0.05, 0) is 14.1 Å². The van der Waals surface area contributed by atoms with E-state index in [-0.39, 0.29) is 0 Å². The van der Waals surface area contributed by atoms with Crippen LogP contribution in [0.1, 0.15) is 13.8 Å². The van der Waals surface area contributed by atoms with Gasteiger partial charge in [0.15, 0.2) is 0 Å². The predicted molar refractivity (Wildman–Crippen MR) is 42.8 cm³/mol. The second-order valence-electron chi connectivity index (χ2n) is 0. The molecule has 0 aliphatic heterocycles. The molecule has 0 aromatic rings. The molecule has 2 heteroatoms. The van der Waals surface area contributed by atoms with Crippen LogP contribution >= 0.6 is 0 Å². The fourth-order valence-corrected chi connectivity index (χ4v) is 0. The van der Waals surface area contributed by atoms with E-state index in [0.717, 1.165) is 0 Å². The molecule has 0 aliphatic rings. The first-order valence-corrected chi connectivity index (χ1v) is 2.65. The van der Waals surface area contributed by atoms with Gasteiger partial charge >= 0.3 is 0 Å². The van der Waals surface area contributed by atoms with E-state index >= 15 is 0 Å². The van der Waals surface area contributed by atoms with Gasteiger partial charge in [0, 0.05) is 0 Å². The molecule has 0 bridgehead atoms. The Labute approximate surface area is 53.6 Å². The summed E-state index contributed by atoms with van der Waals surface area (Å²) in [5.41, 5.74) is 9.00. The molecule has 0 radical (unpaired) electrons. The molecule has 0 rings (SSSR count). The van der Waals surface area contributed by atoms with Crippen molar-refractivity contribution in [1.29, 1.82) is 0 Å². The van der Waals surface area contributed by atoms with E-state index in [1.807, 2.05) is 13.8 Å². The van der Waals surface area contributed by atoms with Crippen LogP contribution in [-0.2, 0) is 0 Å². The summed E-state index contributed by atoms with van der Waals surface area (Å²) < 4.78 is 0. The molecule has 0 spiro atoms. The average molecular weight is 120 g/mol. The van der Waals surface area contributed by atoms with Crippen LogP contribution in [0.4, 0.5) is 0 Å². The molecule has 0 aromatic carbocycles. The highest BCUT2D eigenvalue weighted by molar-refractivity contribution is 4.22. The van der Waals surface area contributed by atoms with Crippen LogP contribution in [0.25, 0.3) is 0 Å². The maximum Gasteiger partial charge on any atom is -0.0195 e. The van der Waals surface area contributed by atoms with Gasteiger partial charge in [0.2, 0.25) is 0 Å². The molecule has 0 fully saturated rings. The van der Waals surface area contributed by atoms with Crippen LogP contribution < -0.4 is 11.5 Å². The lowest BCUT2D eigenvalue weighted by Gasteiger charge is -1.19. The lowest BCUT2D eigenvalue weighted by Crippen LogP contribution is -1.69. The summed E-state index contributed by atoms with van der Waals surface area (Å²) in [6.45, 7) is 10.0. The molecule has 0 atom stereocenters. The Morgan fingerprint density at radius 3 is 0.750 bits per heavy atom. The Kier molecular flexibility index (Phi) is 5850. The molecule has 0 aromatic heterocycles. The van der Waals surface area contributed by atoms with Crippen LogP contribution in [-0.4, -0.2) is 14.1 Å². The van der Waals surface area contributed by atoms with Crippen molar-refractivity contribution >= 4 is 0 Å². The van der Waals surface area contributed by atoms with Crippen LogP contribution in [0.2, 0.25) is 0 Å². The van der Waals surface area contributed by atoms with E-state index in [0.29, 0.717) is 0 Å². The lowest BCUT2D eigenvalue weighted by molar-refractivity contribution is 1.48. The highest BCUT2D eigenvalue weighted by atomic mass is 14.4. The Hall–Kier alpha value is -0.340. The first-order valence-electron chi connectivity index (χ1n) is 2.65. The third kappa shape index (κ3) is 1060. The maximum absolute atomic E-state index is 4.50. The van der Waals surface area contributed by atoms with E-state index in [1.165, 1.54) is 14.1 Å². The van der Waals surface area contributed by atoms with Crippen molar-refractivity contribution in [1.82, 2.24) is 0 Å². The summed E-state index contributed by atoms with van der Waals surface area (Å²) >= 11 is 0. The van der Waals surface area contributed by atoms with Crippen LogP contribution in [0.5, 0.6) is 0 Å². The van der Waals surface area contributed by atoms with E-state index in [9.17, 15) is 0 Å². The third-order valence-corrected chi connectivity index (χ3v) is 0. The van der Waals surface area contributed by atoms with Gasteiger partial charge in [0.1, 0.15) is 0 Å². The van der Waals surface area contributed by atoms with E-state index in [1.54, 1.807) is 0 Å². The minimum Gasteiger partial charge on any atom is -0.333 e. The largest absolute Gasteiger partial charge is 0.333 e. The fourth-order valence-electron chi connectivity index (χ4n) is 0. The second-order valence-corrected chi connectivity index (χ2v) is 0. The average Bonchev–Trinajstić information content (AvgIpc) is 2.03. The number of rotatable bonds is 0.